The second kappa shape index (κ2) is 7.06. The summed E-state index contributed by atoms with van der Waals surface area (Å²) in [5.74, 6) is 2.86. The Morgan fingerprint density at radius 2 is 2.00 bits per heavy atom. The lowest BCUT2D eigenvalue weighted by Gasteiger charge is -2.34. The van der Waals surface area contributed by atoms with Crippen molar-refractivity contribution in [3.8, 4) is 5.75 Å². The van der Waals surface area contributed by atoms with Crippen LogP contribution in [0.5, 0.6) is 5.75 Å². The van der Waals surface area contributed by atoms with E-state index in [4.69, 9.17) is 4.74 Å². The summed E-state index contributed by atoms with van der Waals surface area (Å²) in [6.45, 7) is 4.30. The van der Waals surface area contributed by atoms with Crippen LogP contribution in [0.25, 0.3) is 0 Å². The third-order valence-corrected chi connectivity index (χ3v) is 5.40. The van der Waals surface area contributed by atoms with Gasteiger partial charge in [-0.05, 0) is 47.1 Å². The molecular formula is C17H24IN3O. The molecule has 0 amide bonds. The Hall–Kier alpha value is -0.980. The lowest BCUT2D eigenvalue weighted by atomic mass is 10.1. The van der Waals surface area contributed by atoms with Crippen molar-refractivity contribution in [2.45, 2.75) is 38.3 Å². The van der Waals surface area contributed by atoms with Crippen molar-refractivity contribution in [1.82, 2.24) is 10.2 Å². The van der Waals surface area contributed by atoms with Gasteiger partial charge >= 0.3 is 0 Å². The van der Waals surface area contributed by atoms with Crippen LogP contribution in [-0.4, -0.2) is 43.1 Å². The first-order valence-electron chi connectivity index (χ1n) is 8.07. The van der Waals surface area contributed by atoms with Crippen molar-refractivity contribution in [3.05, 3.63) is 27.8 Å². The minimum Gasteiger partial charge on any atom is -0.489 e. The molecule has 22 heavy (non-hydrogen) atoms. The highest BCUT2D eigenvalue weighted by Crippen LogP contribution is 2.29. The summed E-state index contributed by atoms with van der Waals surface area (Å²) in [5, 5.41) is 3.57. The first kappa shape index (κ1) is 15.9. The molecule has 1 aliphatic carbocycles. The van der Waals surface area contributed by atoms with Gasteiger partial charge in [-0.15, -0.1) is 0 Å². The van der Waals surface area contributed by atoms with Crippen molar-refractivity contribution in [1.29, 1.82) is 0 Å². The fraction of sp³-hybridized carbons (Fsp3) is 0.588. The largest absolute Gasteiger partial charge is 0.489 e. The van der Waals surface area contributed by atoms with Crippen LogP contribution < -0.4 is 10.1 Å². The van der Waals surface area contributed by atoms with Crippen molar-refractivity contribution >= 4 is 28.6 Å². The minimum atomic E-state index is 0.310. The topological polar surface area (TPSA) is 36.9 Å². The average Bonchev–Trinajstić information content (AvgIpc) is 3.23. The number of piperidine rings is 1. The van der Waals surface area contributed by atoms with Crippen molar-refractivity contribution in [2.75, 3.05) is 20.1 Å². The normalized spacial score (nSPS) is 26.0. The average molecular weight is 413 g/mol. The zero-order valence-corrected chi connectivity index (χ0v) is 15.4. The summed E-state index contributed by atoms with van der Waals surface area (Å²) in [6, 6.07) is 8.86. The Bertz CT molecular complexity index is 540. The second-order valence-electron chi connectivity index (χ2n) is 6.25. The van der Waals surface area contributed by atoms with Crippen molar-refractivity contribution < 1.29 is 4.74 Å². The molecule has 0 bridgehead atoms. The molecule has 1 aromatic rings. The Morgan fingerprint density at radius 3 is 2.59 bits per heavy atom. The monoisotopic (exact) mass is 413 g/mol. The number of nitrogens with one attached hydrogen (secondary N) is 1. The molecule has 5 heteroatoms. The third kappa shape index (κ3) is 3.86. The Labute approximate surface area is 146 Å². The summed E-state index contributed by atoms with van der Waals surface area (Å²) < 4.78 is 7.35. The van der Waals surface area contributed by atoms with Gasteiger partial charge in [0.05, 0.1) is 3.57 Å². The SMILES string of the molecule is CN=C(NC1CC1C)N1CCC(Oc2ccccc2I)CC1. The van der Waals surface area contributed by atoms with Gasteiger partial charge in [0, 0.05) is 39.0 Å². The van der Waals surface area contributed by atoms with Gasteiger partial charge in [-0.25, -0.2) is 0 Å². The number of guanidine groups is 1. The molecule has 2 aliphatic rings. The maximum absolute atomic E-state index is 6.16. The van der Waals surface area contributed by atoms with Crippen LogP contribution in [0.4, 0.5) is 0 Å². The van der Waals surface area contributed by atoms with E-state index in [2.05, 4.69) is 56.9 Å². The summed E-state index contributed by atoms with van der Waals surface area (Å²) in [4.78, 5) is 6.80. The van der Waals surface area contributed by atoms with Crippen molar-refractivity contribution in [2.24, 2.45) is 10.9 Å². The number of halogens is 1. The van der Waals surface area contributed by atoms with Crippen LogP contribution in [0.2, 0.25) is 0 Å². The summed E-state index contributed by atoms with van der Waals surface area (Å²) in [6.07, 6.45) is 3.67. The number of ether oxygens (including phenoxy) is 1. The summed E-state index contributed by atoms with van der Waals surface area (Å²) in [5.41, 5.74) is 0. The van der Waals surface area contributed by atoms with Crippen LogP contribution in [0.15, 0.2) is 29.3 Å². The molecular weight excluding hydrogens is 389 g/mol. The highest BCUT2D eigenvalue weighted by molar-refractivity contribution is 14.1. The van der Waals surface area contributed by atoms with E-state index >= 15 is 0 Å². The molecule has 1 N–H and O–H groups in total. The van der Waals surface area contributed by atoms with E-state index in [0.29, 0.717) is 12.1 Å². The fourth-order valence-electron chi connectivity index (χ4n) is 2.89. The van der Waals surface area contributed by atoms with Crippen LogP contribution in [0.1, 0.15) is 26.2 Å². The van der Waals surface area contributed by atoms with Crippen LogP contribution >= 0.6 is 22.6 Å². The zero-order valence-electron chi connectivity index (χ0n) is 13.3. The standard InChI is InChI=1S/C17H24IN3O/c1-12-11-15(12)20-17(19-2)21-9-7-13(8-10-21)22-16-6-4-3-5-14(16)18/h3-6,12-13,15H,7-11H2,1-2H3,(H,19,20). The number of para-hydroxylation sites is 1. The molecule has 120 valence electrons. The van der Waals surface area contributed by atoms with Gasteiger partial charge in [0.2, 0.25) is 0 Å². The quantitative estimate of drug-likeness (QED) is 0.470. The number of aliphatic imine (C=N–C) groups is 1. The lowest BCUT2D eigenvalue weighted by molar-refractivity contribution is 0.128. The predicted octanol–water partition coefficient (Wildman–Crippen LogP) is 3.12. The molecule has 0 radical (unpaired) electrons. The lowest BCUT2D eigenvalue weighted by Crippen LogP contribution is -2.48. The number of hydrogen-bond acceptors (Lipinski definition) is 2. The number of likely N-dealkylation sites (tertiary alicyclic amines) is 1. The van der Waals surface area contributed by atoms with E-state index in [1.807, 2.05) is 19.2 Å². The highest BCUT2D eigenvalue weighted by atomic mass is 127. The van der Waals surface area contributed by atoms with E-state index in [0.717, 1.165) is 43.6 Å². The molecule has 2 atom stereocenters. The van der Waals surface area contributed by atoms with Gasteiger partial charge in [-0.1, -0.05) is 19.1 Å². The van der Waals surface area contributed by atoms with E-state index in [-0.39, 0.29) is 0 Å². The first-order valence-corrected chi connectivity index (χ1v) is 9.14. The molecule has 2 unspecified atom stereocenters. The van der Waals surface area contributed by atoms with Crippen LogP contribution in [0.3, 0.4) is 0 Å². The fourth-order valence-corrected chi connectivity index (χ4v) is 3.41. The Kier molecular flexibility index (Phi) is 5.10. The molecule has 0 spiro atoms. The number of hydrogen-bond donors (Lipinski definition) is 1. The van der Waals surface area contributed by atoms with Crippen LogP contribution in [-0.2, 0) is 0 Å². The highest BCUT2D eigenvalue weighted by Gasteiger charge is 2.34. The van der Waals surface area contributed by atoms with E-state index < -0.39 is 0 Å². The molecule has 3 rings (SSSR count). The number of nitrogens with zero attached hydrogens (tertiary/aromatic N) is 2. The van der Waals surface area contributed by atoms with E-state index in [9.17, 15) is 0 Å². The molecule has 2 fully saturated rings. The predicted molar refractivity (Wildman–Crippen MR) is 98.4 cm³/mol. The maximum atomic E-state index is 6.16. The van der Waals surface area contributed by atoms with Gasteiger partial charge in [-0.2, -0.15) is 0 Å². The molecule has 1 saturated carbocycles. The first-order chi connectivity index (χ1) is 10.7. The summed E-state index contributed by atoms with van der Waals surface area (Å²) in [7, 11) is 1.88. The van der Waals surface area contributed by atoms with Crippen LogP contribution in [0, 0.1) is 9.49 Å². The second-order valence-corrected chi connectivity index (χ2v) is 7.41. The molecule has 4 nitrogen and oxygen atoms in total. The molecule has 1 aliphatic heterocycles. The van der Waals surface area contributed by atoms with Gasteiger partial charge in [0.1, 0.15) is 11.9 Å². The van der Waals surface area contributed by atoms with Gasteiger partial charge in [0.15, 0.2) is 5.96 Å². The molecule has 1 saturated heterocycles. The Morgan fingerprint density at radius 1 is 1.32 bits per heavy atom. The molecule has 0 aromatic heterocycles. The smallest absolute Gasteiger partial charge is 0.193 e. The van der Waals surface area contributed by atoms with Gasteiger partial charge in [0.25, 0.3) is 0 Å². The van der Waals surface area contributed by atoms with Gasteiger partial charge in [-0.3, -0.25) is 4.99 Å². The third-order valence-electron chi connectivity index (χ3n) is 4.51. The molecule has 1 aromatic carbocycles. The summed E-state index contributed by atoms with van der Waals surface area (Å²) >= 11 is 2.33. The number of rotatable bonds is 3. The Balaban J connectivity index is 1.50. The zero-order chi connectivity index (χ0) is 15.5. The maximum Gasteiger partial charge on any atom is 0.193 e. The molecule has 1 heterocycles. The van der Waals surface area contributed by atoms with E-state index in [1.54, 1.807) is 0 Å². The van der Waals surface area contributed by atoms with E-state index in [1.165, 1.54) is 9.99 Å². The number of benzene rings is 1. The van der Waals surface area contributed by atoms with Gasteiger partial charge < -0.3 is 15.0 Å². The van der Waals surface area contributed by atoms with Crippen molar-refractivity contribution in [3.63, 3.8) is 0 Å². The minimum absolute atomic E-state index is 0.310.